The van der Waals surface area contributed by atoms with Gasteiger partial charge in [0.2, 0.25) is 0 Å². The Morgan fingerprint density at radius 1 is 1.12 bits per heavy atom. The smallest absolute Gasteiger partial charge is 0.258 e. The first-order chi connectivity index (χ1) is 12.6. The Morgan fingerprint density at radius 3 is 2.58 bits per heavy atom. The van der Waals surface area contributed by atoms with Crippen LogP contribution in [0.5, 0.6) is 11.5 Å². The maximum Gasteiger partial charge on any atom is 0.258 e. The lowest BCUT2D eigenvalue weighted by Gasteiger charge is -2.12. The number of carbonyl (C=O) groups is 1. The van der Waals surface area contributed by atoms with Gasteiger partial charge in [0.05, 0.1) is 38.2 Å². The molecule has 6 heteroatoms. The molecule has 0 fully saturated rings. The predicted molar refractivity (Wildman–Crippen MR) is 100 cm³/mol. The Balaban J connectivity index is 1.72. The van der Waals surface area contributed by atoms with E-state index in [-0.39, 0.29) is 5.91 Å². The summed E-state index contributed by atoms with van der Waals surface area (Å²) in [5, 5.41) is 7.18. The number of hydrogen-bond acceptors (Lipinski definition) is 4. The molecule has 26 heavy (non-hydrogen) atoms. The van der Waals surface area contributed by atoms with Crippen molar-refractivity contribution in [1.29, 1.82) is 0 Å². The van der Waals surface area contributed by atoms with Gasteiger partial charge in [0.15, 0.2) is 0 Å². The van der Waals surface area contributed by atoms with E-state index in [1.807, 2.05) is 49.4 Å². The zero-order valence-corrected chi connectivity index (χ0v) is 15.0. The molecule has 0 radical (unpaired) electrons. The Hall–Kier alpha value is -3.28. The van der Waals surface area contributed by atoms with Gasteiger partial charge in [0, 0.05) is 6.20 Å². The van der Waals surface area contributed by atoms with Crippen molar-refractivity contribution in [2.75, 3.05) is 19.5 Å². The number of rotatable bonds is 6. The van der Waals surface area contributed by atoms with Gasteiger partial charge in [-0.15, -0.1) is 0 Å². The molecule has 1 N–H and O–H groups in total. The lowest BCUT2D eigenvalue weighted by molar-refractivity contribution is 0.102. The number of nitrogens with zero attached hydrogens (tertiary/aromatic N) is 2. The number of anilines is 1. The van der Waals surface area contributed by atoms with Crippen LogP contribution in [-0.4, -0.2) is 29.9 Å². The van der Waals surface area contributed by atoms with Crippen LogP contribution >= 0.6 is 0 Å². The molecule has 134 valence electrons. The number of methoxy groups -OCH3 is 2. The number of aryl methyl sites for hydroxylation is 1. The van der Waals surface area contributed by atoms with Crippen LogP contribution in [0, 0.1) is 6.92 Å². The van der Waals surface area contributed by atoms with Gasteiger partial charge in [-0.1, -0.05) is 24.3 Å². The number of benzene rings is 2. The maximum absolute atomic E-state index is 12.5. The van der Waals surface area contributed by atoms with Crippen LogP contribution in [0.15, 0.2) is 54.9 Å². The molecular weight excluding hydrogens is 330 g/mol. The molecule has 1 amide bonds. The molecule has 0 atom stereocenters. The number of hydrogen-bond donors (Lipinski definition) is 1. The summed E-state index contributed by atoms with van der Waals surface area (Å²) >= 11 is 0. The average molecular weight is 351 g/mol. The molecule has 0 bridgehead atoms. The molecule has 0 unspecified atom stereocenters. The molecule has 0 aliphatic heterocycles. The lowest BCUT2D eigenvalue weighted by Crippen LogP contribution is -2.13. The third kappa shape index (κ3) is 3.85. The molecule has 1 heterocycles. The zero-order chi connectivity index (χ0) is 18.5. The van der Waals surface area contributed by atoms with Gasteiger partial charge in [-0.2, -0.15) is 5.10 Å². The highest BCUT2D eigenvalue weighted by Gasteiger charge is 2.13. The van der Waals surface area contributed by atoms with Crippen LogP contribution in [0.1, 0.15) is 21.5 Å². The molecule has 3 aromatic rings. The minimum atomic E-state index is -0.224. The number of amides is 1. The Bertz CT molecular complexity index is 901. The van der Waals surface area contributed by atoms with Crippen LogP contribution in [0.4, 0.5) is 5.69 Å². The van der Waals surface area contributed by atoms with E-state index in [0.717, 1.165) is 16.9 Å². The van der Waals surface area contributed by atoms with Crippen molar-refractivity contribution >= 4 is 11.6 Å². The van der Waals surface area contributed by atoms with E-state index in [0.29, 0.717) is 23.5 Å². The quantitative estimate of drug-likeness (QED) is 0.738. The second-order valence-corrected chi connectivity index (χ2v) is 5.88. The number of ether oxygens (including phenoxy) is 2. The standard InChI is InChI=1S/C20H21N3O3/c1-14-5-4-6-18(26-3)19(14)22-20(24)16-11-21-23(13-16)12-15-7-9-17(25-2)10-8-15/h4-11,13H,12H2,1-3H3,(H,22,24). The molecule has 2 aromatic carbocycles. The van der Waals surface area contributed by atoms with E-state index in [4.69, 9.17) is 9.47 Å². The first-order valence-corrected chi connectivity index (χ1v) is 8.21. The number of aromatic nitrogens is 2. The molecule has 3 rings (SSSR count). The predicted octanol–water partition coefficient (Wildman–Crippen LogP) is 3.51. The zero-order valence-electron chi connectivity index (χ0n) is 15.0. The van der Waals surface area contributed by atoms with Crippen molar-refractivity contribution in [3.05, 3.63) is 71.5 Å². The highest BCUT2D eigenvalue weighted by atomic mass is 16.5. The van der Waals surface area contributed by atoms with E-state index < -0.39 is 0 Å². The molecule has 0 spiro atoms. The van der Waals surface area contributed by atoms with Gasteiger partial charge in [0.25, 0.3) is 5.91 Å². The molecule has 0 saturated heterocycles. The SMILES string of the molecule is COc1ccc(Cn2cc(C(=O)Nc3c(C)cccc3OC)cn2)cc1. The molecule has 0 aliphatic rings. The lowest BCUT2D eigenvalue weighted by atomic mass is 10.1. The normalized spacial score (nSPS) is 10.4. The third-order valence-corrected chi connectivity index (χ3v) is 4.09. The molecular formula is C20H21N3O3. The van der Waals surface area contributed by atoms with Crippen LogP contribution in [-0.2, 0) is 6.54 Å². The second kappa shape index (κ2) is 7.74. The van der Waals surface area contributed by atoms with Crippen LogP contribution in [0.3, 0.4) is 0 Å². The van der Waals surface area contributed by atoms with Gasteiger partial charge >= 0.3 is 0 Å². The third-order valence-electron chi connectivity index (χ3n) is 4.09. The van der Waals surface area contributed by atoms with Crippen LogP contribution in [0.25, 0.3) is 0 Å². The minimum Gasteiger partial charge on any atom is -0.497 e. The minimum absolute atomic E-state index is 0.224. The summed E-state index contributed by atoms with van der Waals surface area (Å²) in [6.07, 6.45) is 3.29. The summed E-state index contributed by atoms with van der Waals surface area (Å²) in [5.41, 5.74) is 3.16. The van der Waals surface area contributed by atoms with Gasteiger partial charge in [-0.05, 0) is 36.2 Å². The van der Waals surface area contributed by atoms with E-state index in [2.05, 4.69) is 10.4 Å². The van der Waals surface area contributed by atoms with Crippen molar-refractivity contribution in [2.24, 2.45) is 0 Å². The van der Waals surface area contributed by atoms with Crippen molar-refractivity contribution in [3.8, 4) is 11.5 Å². The number of nitrogens with one attached hydrogen (secondary N) is 1. The molecule has 0 aliphatic carbocycles. The van der Waals surface area contributed by atoms with Gasteiger partial charge < -0.3 is 14.8 Å². The van der Waals surface area contributed by atoms with Crippen molar-refractivity contribution in [1.82, 2.24) is 9.78 Å². The van der Waals surface area contributed by atoms with Gasteiger partial charge in [-0.3, -0.25) is 9.48 Å². The van der Waals surface area contributed by atoms with Crippen LogP contribution in [0.2, 0.25) is 0 Å². The fourth-order valence-electron chi connectivity index (χ4n) is 2.64. The second-order valence-electron chi connectivity index (χ2n) is 5.88. The number of para-hydroxylation sites is 1. The van der Waals surface area contributed by atoms with E-state index in [9.17, 15) is 4.79 Å². The molecule has 0 saturated carbocycles. The Labute approximate surface area is 152 Å². The summed E-state index contributed by atoms with van der Waals surface area (Å²) in [4.78, 5) is 12.5. The number of carbonyl (C=O) groups excluding carboxylic acids is 1. The summed E-state index contributed by atoms with van der Waals surface area (Å²) < 4.78 is 12.2. The Kier molecular flexibility index (Phi) is 5.22. The fraction of sp³-hybridized carbons (Fsp3) is 0.200. The summed E-state index contributed by atoms with van der Waals surface area (Å²) in [6.45, 7) is 2.50. The maximum atomic E-state index is 12.5. The highest BCUT2D eigenvalue weighted by molar-refractivity contribution is 6.05. The van der Waals surface area contributed by atoms with Crippen molar-refractivity contribution < 1.29 is 14.3 Å². The van der Waals surface area contributed by atoms with Crippen molar-refractivity contribution in [2.45, 2.75) is 13.5 Å². The van der Waals surface area contributed by atoms with Gasteiger partial charge in [-0.25, -0.2) is 0 Å². The first-order valence-electron chi connectivity index (χ1n) is 8.21. The highest BCUT2D eigenvalue weighted by Crippen LogP contribution is 2.28. The van der Waals surface area contributed by atoms with Crippen molar-refractivity contribution in [3.63, 3.8) is 0 Å². The van der Waals surface area contributed by atoms with Crippen LogP contribution < -0.4 is 14.8 Å². The largest absolute Gasteiger partial charge is 0.497 e. The summed E-state index contributed by atoms with van der Waals surface area (Å²) in [6, 6.07) is 13.4. The summed E-state index contributed by atoms with van der Waals surface area (Å²) in [7, 11) is 3.22. The molecule has 6 nitrogen and oxygen atoms in total. The van der Waals surface area contributed by atoms with Gasteiger partial charge in [0.1, 0.15) is 11.5 Å². The molecule has 1 aromatic heterocycles. The van der Waals surface area contributed by atoms with E-state index in [1.165, 1.54) is 0 Å². The first kappa shape index (κ1) is 17.5. The average Bonchev–Trinajstić information content (AvgIpc) is 3.12. The van der Waals surface area contributed by atoms with E-state index >= 15 is 0 Å². The topological polar surface area (TPSA) is 65.4 Å². The van der Waals surface area contributed by atoms with E-state index in [1.54, 1.807) is 31.3 Å². The summed E-state index contributed by atoms with van der Waals surface area (Å²) in [5.74, 6) is 1.21. The Morgan fingerprint density at radius 2 is 1.88 bits per heavy atom. The fourth-order valence-corrected chi connectivity index (χ4v) is 2.64. The monoisotopic (exact) mass is 351 g/mol.